The van der Waals surface area contributed by atoms with Crippen LogP contribution in [0.2, 0.25) is 0 Å². The zero-order valence-corrected chi connectivity index (χ0v) is 17.0. The van der Waals surface area contributed by atoms with Crippen LogP contribution < -0.4 is 16.8 Å². The number of hydrogen-bond acceptors (Lipinski definition) is 4. The zero-order valence-electron chi connectivity index (χ0n) is 15.4. The Kier molecular flexibility index (Phi) is 10.2. The van der Waals surface area contributed by atoms with E-state index >= 15 is 0 Å². The maximum atomic E-state index is 12.3. The predicted octanol–water partition coefficient (Wildman–Crippen LogP) is 2.44. The molecule has 8 heteroatoms. The molecule has 148 valence electrons. The van der Waals surface area contributed by atoms with Gasteiger partial charge in [0.15, 0.2) is 0 Å². The second kappa shape index (κ2) is 10.7. The highest BCUT2D eigenvalue weighted by Crippen LogP contribution is 2.21. The lowest BCUT2D eigenvalue weighted by Gasteiger charge is -2.24. The third kappa shape index (κ3) is 6.43. The number of nitrogens with two attached hydrogens (primary N) is 2. The number of amides is 2. The summed E-state index contributed by atoms with van der Waals surface area (Å²) in [5, 5.41) is 2.89. The fraction of sp³-hybridized carbons (Fsp3) is 0.556. The summed E-state index contributed by atoms with van der Waals surface area (Å²) in [5.41, 5.74) is 12.4. The summed E-state index contributed by atoms with van der Waals surface area (Å²) in [6, 6.07) is 7.46. The van der Waals surface area contributed by atoms with Gasteiger partial charge in [-0.3, -0.25) is 14.5 Å². The first kappa shape index (κ1) is 24.7. The summed E-state index contributed by atoms with van der Waals surface area (Å²) in [4.78, 5) is 25.9. The first-order valence-electron chi connectivity index (χ1n) is 8.56. The lowest BCUT2D eigenvalue weighted by molar-refractivity contribution is -0.122. The van der Waals surface area contributed by atoms with Gasteiger partial charge in [-0.2, -0.15) is 0 Å². The van der Waals surface area contributed by atoms with Crippen LogP contribution in [0.5, 0.6) is 0 Å². The highest BCUT2D eigenvalue weighted by Gasteiger charge is 2.29. The number of anilines is 1. The van der Waals surface area contributed by atoms with Crippen LogP contribution in [0.25, 0.3) is 0 Å². The van der Waals surface area contributed by atoms with E-state index in [0.717, 1.165) is 37.1 Å². The molecule has 1 aliphatic rings. The van der Waals surface area contributed by atoms with Gasteiger partial charge in [0.05, 0.1) is 11.6 Å². The van der Waals surface area contributed by atoms with Crippen LogP contribution in [0, 0.1) is 0 Å². The summed E-state index contributed by atoms with van der Waals surface area (Å²) in [6.07, 6.45) is 3.28. The number of primary amides is 1. The van der Waals surface area contributed by atoms with Crippen LogP contribution in [-0.4, -0.2) is 34.8 Å². The Morgan fingerprint density at radius 2 is 2.04 bits per heavy atom. The lowest BCUT2D eigenvalue weighted by atomic mass is 9.96. The van der Waals surface area contributed by atoms with Crippen molar-refractivity contribution in [2.75, 3.05) is 11.9 Å². The van der Waals surface area contributed by atoms with Crippen molar-refractivity contribution in [3.8, 4) is 0 Å². The minimum atomic E-state index is -0.878. The van der Waals surface area contributed by atoms with Crippen LogP contribution in [0.15, 0.2) is 24.3 Å². The molecule has 2 rings (SSSR count). The lowest BCUT2D eigenvalue weighted by Crippen LogP contribution is -2.48. The fourth-order valence-corrected chi connectivity index (χ4v) is 3.23. The summed E-state index contributed by atoms with van der Waals surface area (Å²) in [5.74, 6) is -0.451. The van der Waals surface area contributed by atoms with Crippen LogP contribution in [0.1, 0.15) is 45.1 Å². The molecular formula is C18H30Cl2N4O2. The van der Waals surface area contributed by atoms with Crippen LogP contribution >= 0.6 is 24.8 Å². The van der Waals surface area contributed by atoms with Crippen molar-refractivity contribution in [3.05, 3.63) is 29.8 Å². The van der Waals surface area contributed by atoms with Crippen LogP contribution in [0.3, 0.4) is 0 Å². The van der Waals surface area contributed by atoms with Crippen molar-refractivity contribution in [1.82, 2.24) is 4.90 Å². The first-order valence-corrected chi connectivity index (χ1v) is 8.56. The Labute approximate surface area is 167 Å². The monoisotopic (exact) mass is 404 g/mol. The molecule has 1 aliphatic heterocycles. The molecule has 0 radical (unpaired) electrons. The number of nitrogens with one attached hydrogen (secondary N) is 1. The van der Waals surface area contributed by atoms with Crippen molar-refractivity contribution in [3.63, 3.8) is 0 Å². The topological polar surface area (TPSA) is 101 Å². The molecule has 0 saturated carbocycles. The molecule has 1 fully saturated rings. The maximum Gasteiger partial charge on any atom is 0.244 e. The highest BCUT2D eigenvalue weighted by atomic mass is 35.5. The Morgan fingerprint density at radius 3 is 2.65 bits per heavy atom. The van der Waals surface area contributed by atoms with Crippen molar-refractivity contribution < 1.29 is 9.59 Å². The molecule has 2 amide bonds. The van der Waals surface area contributed by atoms with E-state index in [1.807, 2.05) is 31.2 Å². The number of carbonyl (C=O) groups excluding carboxylic acids is 2. The van der Waals surface area contributed by atoms with Gasteiger partial charge in [-0.05, 0) is 50.4 Å². The first-order chi connectivity index (χ1) is 11.3. The number of carbonyl (C=O) groups is 2. The van der Waals surface area contributed by atoms with E-state index in [1.165, 1.54) is 0 Å². The largest absolute Gasteiger partial charge is 0.368 e. The maximum absolute atomic E-state index is 12.3. The molecule has 5 N–H and O–H groups in total. The number of nitrogens with zero attached hydrogens (tertiary/aromatic N) is 1. The Morgan fingerprint density at radius 1 is 1.35 bits per heavy atom. The molecule has 1 heterocycles. The molecule has 2 unspecified atom stereocenters. The van der Waals surface area contributed by atoms with Gasteiger partial charge in [0.1, 0.15) is 0 Å². The minimum absolute atomic E-state index is 0. The van der Waals surface area contributed by atoms with E-state index in [1.54, 1.807) is 6.92 Å². The van der Waals surface area contributed by atoms with E-state index < -0.39 is 5.54 Å². The normalized spacial score (nSPS) is 19.0. The second-order valence-corrected chi connectivity index (χ2v) is 6.85. The minimum Gasteiger partial charge on any atom is -0.368 e. The van der Waals surface area contributed by atoms with E-state index in [-0.39, 0.29) is 42.7 Å². The van der Waals surface area contributed by atoms with Gasteiger partial charge >= 0.3 is 0 Å². The van der Waals surface area contributed by atoms with Gasteiger partial charge in [0.25, 0.3) is 0 Å². The standard InChI is InChI=1S/C18H28N4O2.2ClH/c1-3-9-18(2,20)17(24)21-14-7-4-6-13(11-14)12-22-10-5-8-15(22)16(19)23;;/h4,6-7,11,15H,3,5,8-10,12,20H2,1-2H3,(H2,19,23)(H,21,24);2*1H. The molecule has 0 spiro atoms. The van der Waals surface area contributed by atoms with E-state index in [0.29, 0.717) is 13.0 Å². The zero-order chi connectivity index (χ0) is 17.7. The van der Waals surface area contributed by atoms with Crippen molar-refractivity contribution in [2.45, 2.75) is 57.7 Å². The Balaban J connectivity index is 0.00000312. The molecule has 26 heavy (non-hydrogen) atoms. The van der Waals surface area contributed by atoms with E-state index in [9.17, 15) is 9.59 Å². The fourth-order valence-electron chi connectivity index (χ4n) is 3.23. The molecule has 0 aromatic heterocycles. The Hall–Kier alpha value is -1.34. The summed E-state index contributed by atoms with van der Waals surface area (Å²) in [6.45, 7) is 5.26. The number of rotatable bonds is 7. The second-order valence-electron chi connectivity index (χ2n) is 6.85. The van der Waals surface area contributed by atoms with Gasteiger partial charge in [-0.25, -0.2) is 0 Å². The average Bonchev–Trinajstić information content (AvgIpc) is 2.96. The van der Waals surface area contributed by atoms with E-state index in [4.69, 9.17) is 11.5 Å². The van der Waals surface area contributed by atoms with Crippen molar-refractivity contribution in [2.24, 2.45) is 11.5 Å². The number of likely N-dealkylation sites (tertiary alicyclic amines) is 1. The smallest absolute Gasteiger partial charge is 0.244 e. The Bertz CT molecular complexity index is 611. The summed E-state index contributed by atoms with van der Waals surface area (Å²) in [7, 11) is 0. The SMILES string of the molecule is CCCC(C)(N)C(=O)Nc1cccc(CN2CCCC2C(N)=O)c1.Cl.Cl. The molecule has 1 saturated heterocycles. The third-order valence-corrected chi connectivity index (χ3v) is 4.55. The number of halogens is 2. The highest BCUT2D eigenvalue weighted by molar-refractivity contribution is 5.97. The molecule has 1 aromatic rings. The quantitative estimate of drug-likeness (QED) is 0.649. The molecule has 2 atom stereocenters. The molecule has 1 aromatic carbocycles. The van der Waals surface area contributed by atoms with Gasteiger partial charge in [-0.1, -0.05) is 25.5 Å². The molecule has 0 aliphatic carbocycles. The number of hydrogen-bond donors (Lipinski definition) is 3. The molecule has 0 bridgehead atoms. The molecule has 6 nitrogen and oxygen atoms in total. The predicted molar refractivity (Wildman–Crippen MR) is 110 cm³/mol. The third-order valence-electron chi connectivity index (χ3n) is 4.55. The van der Waals surface area contributed by atoms with Gasteiger partial charge < -0.3 is 16.8 Å². The van der Waals surface area contributed by atoms with E-state index in [2.05, 4.69) is 10.2 Å². The summed E-state index contributed by atoms with van der Waals surface area (Å²) < 4.78 is 0. The van der Waals surface area contributed by atoms with Crippen LogP contribution in [0.4, 0.5) is 5.69 Å². The average molecular weight is 405 g/mol. The van der Waals surface area contributed by atoms with Gasteiger partial charge in [0.2, 0.25) is 11.8 Å². The number of benzene rings is 1. The van der Waals surface area contributed by atoms with Crippen molar-refractivity contribution in [1.29, 1.82) is 0 Å². The summed E-state index contributed by atoms with van der Waals surface area (Å²) >= 11 is 0. The van der Waals surface area contributed by atoms with Crippen molar-refractivity contribution >= 4 is 42.3 Å². The molecular weight excluding hydrogens is 375 g/mol. The van der Waals surface area contributed by atoms with Crippen LogP contribution in [-0.2, 0) is 16.1 Å². The van der Waals surface area contributed by atoms with Gasteiger partial charge in [-0.15, -0.1) is 24.8 Å². The van der Waals surface area contributed by atoms with Gasteiger partial charge in [0, 0.05) is 12.2 Å².